The third-order valence-corrected chi connectivity index (χ3v) is 4.08. The zero-order valence-electron chi connectivity index (χ0n) is 14.6. The van der Waals surface area contributed by atoms with Gasteiger partial charge in [0.05, 0.1) is 6.54 Å². The number of hydrogen-bond acceptors (Lipinski definition) is 6. The standard InChI is InChI=1S/C19H16N6O2/c1-24(11-17-10-18(23-27-17)14-5-7-20-8-6-14)19(26)15-3-2-4-16(9-15)25-12-21-22-13-25/h2-10,12-13H,11H2,1H3. The molecule has 0 unspecified atom stereocenters. The molecule has 8 heteroatoms. The molecule has 27 heavy (non-hydrogen) atoms. The third-order valence-electron chi connectivity index (χ3n) is 4.08. The van der Waals surface area contributed by atoms with E-state index >= 15 is 0 Å². The van der Waals surface area contributed by atoms with Gasteiger partial charge < -0.3 is 9.42 Å². The number of rotatable bonds is 5. The fourth-order valence-electron chi connectivity index (χ4n) is 2.71. The minimum atomic E-state index is -0.119. The highest BCUT2D eigenvalue weighted by molar-refractivity contribution is 5.94. The quantitative estimate of drug-likeness (QED) is 0.543. The average Bonchev–Trinajstić information content (AvgIpc) is 3.40. The molecule has 4 rings (SSSR count). The molecule has 0 saturated heterocycles. The van der Waals surface area contributed by atoms with Crippen LogP contribution in [-0.2, 0) is 6.54 Å². The van der Waals surface area contributed by atoms with Crippen molar-refractivity contribution in [1.29, 1.82) is 0 Å². The number of carbonyl (C=O) groups is 1. The largest absolute Gasteiger partial charge is 0.359 e. The van der Waals surface area contributed by atoms with E-state index in [1.54, 1.807) is 53.7 Å². The van der Waals surface area contributed by atoms with E-state index in [1.807, 2.05) is 30.3 Å². The van der Waals surface area contributed by atoms with Crippen LogP contribution in [0.5, 0.6) is 0 Å². The van der Waals surface area contributed by atoms with Gasteiger partial charge in [0.15, 0.2) is 5.76 Å². The van der Waals surface area contributed by atoms with Crippen LogP contribution in [0.25, 0.3) is 16.9 Å². The fraction of sp³-hybridized carbons (Fsp3) is 0.105. The van der Waals surface area contributed by atoms with Crippen molar-refractivity contribution in [3.63, 3.8) is 0 Å². The summed E-state index contributed by atoms with van der Waals surface area (Å²) >= 11 is 0. The highest BCUT2D eigenvalue weighted by Gasteiger charge is 2.16. The summed E-state index contributed by atoms with van der Waals surface area (Å²) in [6.45, 7) is 0.313. The normalized spacial score (nSPS) is 10.7. The van der Waals surface area contributed by atoms with Gasteiger partial charge in [0.25, 0.3) is 5.91 Å². The van der Waals surface area contributed by atoms with Crippen LogP contribution in [-0.4, -0.2) is 42.8 Å². The SMILES string of the molecule is CN(Cc1cc(-c2ccncc2)no1)C(=O)c1cccc(-n2cnnc2)c1. The monoisotopic (exact) mass is 360 g/mol. The highest BCUT2D eigenvalue weighted by atomic mass is 16.5. The van der Waals surface area contributed by atoms with Crippen LogP contribution in [0.2, 0.25) is 0 Å². The van der Waals surface area contributed by atoms with Gasteiger partial charge in [-0.25, -0.2) is 0 Å². The Bertz CT molecular complexity index is 1040. The first-order chi connectivity index (χ1) is 13.2. The summed E-state index contributed by atoms with van der Waals surface area (Å²) in [6.07, 6.45) is 6.56. The smallest absolute Gasteiger partial charge is 0.254 e. The van der Waals surface area contributed by atoms with Gasteiger partial charge in [0, 0.05) is 42.3 Å². The number of amides is 1. The van der Waals surface area contributed by atoms with Crippen molar-refractivity contribution in [2.45, 2.75) is 6.54 Å². The second kappa shape index (κ2) is 7.20. The second-order valence-electron chi connectivity index (χ2n) is 6.00. The Hall–Kier alpha value is -3.81. The lowest BCUT2D eigenvalue weighted by molar-refractivity contribution is 0.0772. The maximum Gasteiger partial charge on any atom is 0.254 e. The predicted octanol–water partition coefficient (Wildman–Crippen LogP) is 2.59. The van der Waals surface area contributed by atoms with Crippen molar-refractivity contribution in [3.8, 4) is 16.9 Å². The molecule has 0 aliphatic heterocycles. The zero-order valence-corrected chi connectivity index (χ0v) is 14.6. The lowest BCUT2D eigenvalue weighted by atomic mass is 10.1. The van der Waals surface area contributed by atoms with Crippen molar-refractivity contribution >= 4 is 5.91 Å². The summed E-state index contributed by atoms with van der Waals surface area (Å²) < 4.78 is 7.12. The van der Waals surface area contributed by atoms with E-state index < -0.39 is 0 Å². The number of nitrogens with zero attached hydrogens (tertiary/aromatic N) is 6. The molecule has 4 aromatic rings. The van der Waals surface area contributed by atoms with Crippen LogP contribution in [0.1, 0.15) is 16.1 Å². The van der Waals surface area contributed by atoms with E-state index in [1.165, 1.54) is 0 Å². The maximum absolute atomic E-state index is 12.8. The molecule has 1 amide bonds. The van der Waals surface area contributed by atoms with Crippen LogP contribution in [0.4, 0.5) is 0 Å². The molecule has 0 N–H and O–H groups in total. The van der Waals surface area contributed by atoms with Gasteiger partial charge in [-0.15, -0.1) is 10.2 Å². The lowest BCUT2D eigenvalue weighted by Gasteiger charge is -2.16. The Balaban J connectivity index is 1.49. The lowest BCUT2D eigenvalue weighted by Crippen LogP contribution is -2.26. The van der Waals surface area contributed by atoms with E-state index in [-0.39, 0.29) is 5.91 Å². The molecular weight excluding hydrogens is 344 g/mol. The molecule has 0 atom stereocenters. The molecule has 134 valence electrons. The van der Waals surface area contributed by atoms with E-state index in [9.17, 15) is 4.79 Å². The molecule has 0 bridgehead atoms. The predicted molar refractivity (Wildman–Crippen MR) is 96.9 cm³/mol. The van der Waals surface area contributed by atoms with E-state index in [4.69, 9.17) is 4.52 Å². The average molecular weight is 360 g/mol. The molecule has 0 spiro atoms. The first kappa shape index (κ1) is 16.6. The van der Waals surface area contributed by atoms with Crippen molar-refractivity contribution in [2.24, 2.45) is 0 Å². The number of benzene rings is 1. The van der Waals surface area contributed by atoms with Crippen molar-refractivity contribution in [3.05, 3.63) is 78.8 Å². The molecule has 0 radical (unpaired) electrons. The number of pyridine rings is 1. The number of aromatic nitrogens is 5. The van der Waals surface area contributed by atoms with E-state index in [2.05, 4.69) is 20.3 Å². The van der Waals surface area contributed by atoms with Gasteiger partial charge >= 0.3 is 0 Å². The summed E-state index contributed by atoms with van der Waals surface area (Å²) in [6, 6.07) is 12.8. The van der Waals surface area contributed by atoms with Gasteiger partial charge in [0.2, 0.25) is 0 Å². The van der Waals surface area contributed by atoms with Crippen LogP contribution < -0.4 is 0 Å². The topological polar surface area (TPSA) is 89.9 Å². The number of carbonyl (C=O) groups excluding carboxylic acids is 1. The minimum Gasteiger partial charge on any atom is -0.359 e. The molecule has 0 aliphatic rings. The Morgan fingerprint density at radius 3 is 2.67 bits per heavy atom. The Kier molecular flexibility index (Phi) is 4.44. The van der Waals surface area contributed by atoms with E-state index in [0.29, 0.717) is 23.6 Å². The Labute approximate surface area is 155 Å². The molecular formula is C19H16N6O2. The molecule has 0 aliphatic carbocycles. The molecule has 0 saturated carbocycles. The summed E-state index contributed by atoms with van der Waals surface area (Å²) in [5.41, 5.74) is 3.01. The van der Waals surface area contributed by atoms with Gasteiger partial charge in [-0.05, 0) is 30.3 Å². The van der Waals surface area contributed by atoms with Gasteiger partial charge in [-0.1, -0.05) is 11.2 Å². The van der Waals surface area contributed by atoms with Crippen LogP contribution in [0, 0.1) is 0 Å². The molecule has 8 nitrogen and oxygen atoms in total. The van der Waals surface area contributed by atoms with Crippen molar-refractivity contribution in [2.75, 3.05) is 7.05 Å². The van der Waals surface area contributed by atoms with Crippen LogP contribution in [0.3, 0.4) is 0 Å². The Morgan fingerprint density at radius 1 is 1.11 bits per heavy atom. The first-order valence-corrected chi connectivity index (χ1v) is 8.27. The summed E-state index contributed by atoms with van der Waals surface area (Å²) in [4.78, 5) is 18.3. The summed E-state index contributed by atoms with van der Waals surface area (Å²) in [7, 11) is 1.72. The third kappa shape index (κ3) is 3.59. The second-order valence-corrected chi connectivity index (χ2v) is 6.00. The molecule has 3 aromatic heterocycles. The summed E-state index contributed by atoms with van der Waals surface area (Å²) in [5, 5.41) is 11.6. The summed E-state index contributed by atoms with van der Waals surface area (Å²) in [5.74, 6) is 0.486. The van der Waals surface area contributed by atoms with E-state index in [0.717, 1.165) is 11.3 Å². The number of hydrogen-bond donors (Lipinski definition) is 0. The maximum atomic E-state index is 12.8. The molecule has 1 aromatic carbocycles. The van der Waals surface area contributed by atoms with Gasteiger partial charge in [-0.2, -0.15) is 0 Å². The first-order valence-electron chi connectivity index (χ1n) is 8.27. The zero-order chi connectivity index (χ0) is 18.6. The molecule has 3 heterocycles. The van der Waals surface area contributed by atoms with Gasteiger partial charge in [0.1, 0.15) is 18.3 Å². The van der Waals surface area contributed by atoms with Crippen LogP contribution >= 0.6 is 0 Å². The Morgan fingerprint density at radius 2 is 1.89 bits per heavy atom. The van der Waals surface area contributed by atoms with Gasteiger partial charge in [-0.3, -0.25) is 14.3 Å². The highest BCUT2D eigenvalue weighted by Crippen LogP contribution is 2.19. The van der Waals surface area contributed by atoms with Crippen LogP contribution in [0.15, 0.2) is 72.0 Å². The minimum absolute atomic E-state index is 0.119. The molecule has 0 fully saturated rings. The fourth-order valence-corrected chi connectivity index (χ4v) is 2.71. The van der Waals surface area contributed by atoms with Crippen molar-refractivity contribution < 1.29 is 9.32 Å². The van der Waals surface area contributed by atoms with Crippen molar-refractivity contribution in [1.82, 2.24) is 29.8 Å².